The van der Waals surface area contributed by atoms with Crippen LogP contribution < -0.4 is 0 Å². The topological polar surface area (TPSA) is 36.9 Å². The van der Waals surface area contributed by atoms with Gasteiger partial charge in [-0.2, -0.15) is 0 Å². The highest BCUT2D eigenvalue weighted by molar-refractivity contribution is 6.70. The second kappa shape index (κ2) is 5.84. The summed E-state index contributed by atoms with van der Waals surface area (Å²) in [5, 5.41) is 0. The number of methoxy groups -OCH3 is 2. The van der Waals surface area contributed by atoms with Crippen LogP contribution in [0.4, 0.5) is 0 Å². The van der Waals surface area contributed by atoms with Crippen molar-refractivity contribution in [3.63, 3.8) is 0 Å². The van der Waals surface area contributed by atoms with Crippen LogP contribution in [0.1, 0.15) is 0 Å². The van der Waals surface area contributed by atoms with Crippen molar-refractivity contribution in [3.05, 3.63) is 0 Å². The third-order valence-corrected chi connectivity index (χ3v) is 7.62. The van der Waals surface area contributed by atoms with E-state index < -0.39 is 8.56 Å². The average Bonchev–Trinajstić information content (AvgIpc) is 2.13. The van der Waals surface area contributed by atoms with Crippen molar-refractivity contribution in [1.29, 1.82) is 0 Å². The molecule has 0 aliphatic heterocycles. The highest BCUT2D eigenvalue weighted by Crippen LogP contribution is 2.12. The molecule has 2 unspecified atom stereocenters. The number of rotatable bonds is 6. The van der Waals surface area contributed by atoms with Crippen molar-refractivity contribution < 1.29 is 18.0 Å². The summed E-state index contributed by atoms with van der Waals surface area (Å²) in [5.74, 6) is 0. The molecule has 12 heavy (non-hydrogen) atoms. The third-order valence-electron chi connectivity index (χ3n) is 2.00. The Morgan fingerprint density at radius 1 is 1.33 bits per heavy atom. The van der Waals surface area contributed by atoms with E-state index in [-0.39, 0.29) is 5.73 Å². The molecule has 0 saturated heterocycles. The van der Waals surface area contributed by atoms with E-state index in [1.807, 2.05) is 6.55 Å². The summed E-state index contributed by atoms with van der Waals surface area (Å²) in [6.45, 7) is 2.50. The molecule has 6 heteroatoms. The zero-order valence-electron chi connectivity index (χ0n) is 8.42. The molecule has 2 atom stereocenters. The minimum atomic E-state index is -2.13. The van der Waals surface area contributed by atoms with E-state index in [2.05, 4.69) is 0 Å². The number of hydrogen-bond acceptors (Lipinski definition) is 4. The standard InChI is InChI=1S/C6H18O4Si2/c1-7-5-6(8-2)12(4,9-3)10-11/h6H,5H2,1-4,11H3. The summed E-state index contributed by atoms with van der Waals surface area (Å²) >= 11 is 0. The molecule has 0 aliphatic carbocycles. The highest BCUT2D eigenvalue weighted by Gasteiger charge is 2.39. The molecule has 0 aromatic heterocycles. The van der Waals surface area contributed by atoms with Crippen LogP contribution in [0.15, 0.2) is 0 Å². The van der Waals surface area contributed by atoms with E-state index in [9.17, 15) is 0 Å². The molecule has 0 amide bonds. The molecule has 0 aromatic carbocycles. The van der Waals surface area contributed by atoms with Crippen LogP contribution in [0.5, 0.6) is 0 Å². The molecule has 0 radical (unpaired) electrons. The summed E-state index contributed by atoms with van der Waals surface area (Å²) in [5.41, 5.74) is -0.0509. The second-order valence-electron chi connectivity index (χ2n) is 2.60. The van der Waals surface area contributed by atoms with Crippen LogP contribution in [-0.4, -0.2) is 52.7 Å². The van der Waals surface area contributed by atoms with Gasteiger partial charge in [-0.3, -0.25) is 0 Å². The van der Waals surface area contributed by atoms with Crippen molar-refractivity contribution in [2.75, 3.05) is 27.9 Å². The zero-order chi connectivity index (χ0) is 9.61. The van der Waals surface area contributed by atoms with E-state index in [0.717, 1.165) is 0 Å². The quantitative estimate of drug-likeness (QED) is 0.538. The lowest BCUT2D eigenvalue weighted by Crippen LogP contribution is -2.52. The lowest BCUT2D eigenvalue weighted by atomic mass is 10.8. The first kappa shape index (κ1) is 12.3. The minimum Gasteiger partial charge on any atom is -0.443 e. The molecule has 0 rings (SSSR count). The van der Waals surface area contributed by atoms with Crippen LogP contribution in [0, 0.1) is 0 Å². The van der Waals surface area contributed by atoms with Gasteiger partial charge in [0, 0.05) is 21.3 Å². The molecule has 0 saturated carbocycles. The third kappa shape index (κ3) is 2.96. The van der Waals surface area contributed by atoms with Gasteiger partial charge in [0.25, 0.3) is 0 Å². The van der Waals surface area contributed by atoms with Crippen molar-refractivity contribution in [1.82, 2.24) is 0 Å². The zero-order valence-corrected chi connectivity index (χ0v) is 11.4. The fourth-order valence-corrected chi connectivity index (χ4v) is 3.81. The summed E-state index contributed by atoms with van der Waals surface area (Å²) in [7, 11) is 3.48. The van der Waals surface area contributed by atoms with Gasteiger partial charge >= 0.3 is 8.56 Å². The first-order chi connectivity index (χ1) is 5.64. The Bertz CT molecular complexity index is 118. The molecule has 0 N–H and O–H groups in total. The summed E-state index contributed by atoms with van der Waals surface area (Å²) in [6.07, 6.45) is 0. The Morgan fingerprint density at radius 3 is 2.17 bits per heavy atom. The lowest BCUT2D eigenvalue weighted by molar-refractivity contribution is 0.0459. The Morgan fingerprint density at radius 2 is 1.92 bits per heavy atom. The van der Waals surface area contributed by atoms with E-state index in [4.69, 9.17) is 18.0 Å². The highest BCUT2D eigenvalue weighted by atomic mass is 28.4. The normalized spacial score (nSPS) is 19.0. The van der Waals surface area contributed by atoms with E-state index >= 15 is 0 Å². The largest absolute Gasteiger partial charge is 0.443 e. The fourth-order valence-electron chi connectivity index (χ4n) is 0.931. The van der Waals surface area contributed by atoms with Crippen LogP contribution >= 0.6 is 0 Å². The average molecular weight is 210 g/mol. The molecule has 0 aromatic rings. The minimum absolute atomic E-state index is 0.0509. The summed E-state index contributed by atoms with van der Waals surface area (Å²) < 4.78 is 21.0. The molecular formula is C6H18O4Si2. The molecule has 74 valence electrons. The van der Waals surface area contributed by atoms with E-state index in [1.54, 1.807) is 21.3 Å². The SMILES string of the molecule is COCC(OC)[Si](C)(OC)O[SiH3]. The van der Waals surface area contributed by atoms with Crippen molar-refractivity contribution in [2.45, 2.75) is 12.3 Å². The lowest BCUT2D eigenvalue weighted by Gasteiger charge is -2.30. The van der Waals surface area contributed by atoms with E-state index in [1.165, 1.54) is 0 Å². The maximum Gasteiger partial charge on any atom is 0.356 e. The van der Waals surface area contributed by atoms with Gasteiger partial charge in [-0.25, -0.2) is 0 Å². The van der Waals surface area contributed by atoms with Crippen LogP contribution in [0.2, 0.25) is 6.55 Å². The van der Waals surface area contributed by atoms with Crippen LogP contribution in [0.3, 0.4) is 0 Å². The van der Waals surface area contributed by atoms with Crippen LogP contribution in [0.25, 0.3) is 0 Å². The van der Waals surface area contributed by atoms with Gasteiger partial charge in [0.05, 0.1) is 6.61 Å². The second-order valence-corrected chi connectivity index (χ2v) is 7.32. The van der Waals surface area contributed by atoms with E-state index in [0.29, 0.717) is 17.1 Å². The molecule has 4 nitrogen and oxygen atoms in total. The van der Waals surface area contributed by atoms with Gasteiger partial charge in [0.1, 0.15) is 16.2 Å². The van der Waals surface area contributed by atoms with Gasteiger partial charge < -0.3 is 18.0 Å². The smallest absolute Gasteiger partial charge is 0.356 e. The van der Waals surface area contributed by atoms with Crippen LogP contribution in [-0.2, 0) is 18.0 Å². The van der Waals surface area contributed by atoms with Gasteiger partial charge in [0.2, 0.25) is 0 Å². The Labute approximate surface area is 77.9 Å². The van der Waals surface area contributed by atoms with Crippen molar-refractivity contribution in [3.8, 4) is 0 Å². The number of hydrogen-bond donors (Lipinski definition) is 0. The monoisotopic (exact) mass is 210 g/mol. The fraction of sp³-hybridized carbons (Fsp3) is 1.00. The molecular weight excluding hydrogens is 192 g/mol. The molecule has 0 bridgehead atoms. The van der Waals surface area contributed by atoms with Gasteiger partial charge in [-0.15, -0.1) is 0 Å². The predicted molar refractivity (Wildman–Crippen MR) is 52.3 cm³/mol. The number of ether oxygens (including phenoxy) is 2. The van der Waals surface area contributed by atoms with Gasteiger partial charge in [-0.05, 0) is 6.55 Å². The maximum atomic E-state index is 5.44. The molecule has 0 spiro atoms. The van der Waals surface area contributed by atoms with Crippen molar-refractivity contribution in [2.24, 2.45) is 0 Å². The maximum absolute atomic E-state index is 5.44. The first-order valence-corrected chi connectivity index (χ1v) is 6.97. The predicted octanol–water partition coefficient (Wildman–Crippen LogP) is -0.798. The molecule has 0 aliphatic rings. The Balaban J connectivity index is 4.21. The Kier molecular flexibility index (Phi) is 5.97. The van der Waals surface area contributed by atoms with Crippen molar-refractivity contribution >= 4 is 19.0 Å². The first-order valence-electron chi connectivity index (χ1n) is 3.76. The Hall–Kier alpha value is 0.274. The summed E-state index contributed by atoms with van der Waals surface area (Å²) in [4.78, 5) is 0. The molecule has 0 fully saturated rings. The van der Waals surface area contributed by atoms with Gasteiger partial charge in [0.15, 0.2) is 0 Å². The van der Waals surface area contributed by atoms with Gasteiger partial charge in [-0.1, -0.05) is 0 Å². The summed E-state index contributed by atoms with van der Waals surface area (Å²) in [6, 6.07) is 0. The molecule has 0 heterocycles.